The van der Waals surface area contributed by atoms with Gasteiger partial charge >= 0.3 is 11.9 Å². The molecule has 0 radical (unpaired) electrons. The van der Waals surface area contributed by atoms with Crippen molar-refractivity contribution in [3.8, 4) is 0 Å². The molecular weight excluding hydrogens is 354 g/mol. The Balaban J connectivity index is 2.11. The normalized spacial score (nSPS) is 13.2. The van der Waals surface area contributed by atoms with Gasteiger partial charge in [0.2, 0.25) is 0 Å². The minimum atomic E-state index is -0.538. The van der Waals surface area contributed by atoms with Gasteiger partial charge in [0.05, 0.1) is 24.5 Å². The second-order valence-corrected chi connectivity index (χ2v) is 6.57. The second kappa shape index (κ2) is 7.00. The van der Waals surface area contributed by atoms with E-state index < -0.39 is 11.9 Å². The van der Waals surface area contributed by atoms with Crippen molar-refractivity contribution in [3.63, 3.8) is 0 Å². The lowest BCUT2D eigenvalue weighted by Crippen LogP contribution is -2.31. The van der Waals surface area contributed by atoms with Crippen LogP contribution in [0.25, 0.3) is 27.1 Å². The average Bonchev–Trinajstić information content (AvgIpc) is 2.70. The number of nitrogens with zero attached hydrogens (tertiary/aromatic N) is 1. The Bertz CT molecular complexity index is 1150. The molecule has 0 spiro atoms. The number of benzene rings is 3. The predicted molar refractivity (Wildman–Crippen MR) is 110 cm³/mol. The zero-order valence-corrected chi connectivity index (χ0v) is 16.1. The maximum absolute atomic E-state index is 12.9. The van der Waals surface area contributed by atoms with Crippen LogP contribution in [0.5, 0.6) is 0 Å². The first-order valence-corrected chi connectivity index (χ1v) is 9.35. The first-order valence-electron chi connectivity index (χ1n) is 9.35. The third-order valence-corrected chi connectivity index (χ3v) is 5.02. The van der Waals surface area contributed by atoms with Crippen LogP contribution < -0.4 is 4.90 Å². The van der Waals surface area contributed by atoms with Gasteiger partial charge in [-0.1, -0.05) is 42.5 Å². The number of esters is 2. The summed E-state index contributed by atoms with van der Waals surface area (Å²) in [6.07, 6.45) is 0. The molecule has 0 aliphatic carbocycles. The summed E-state index contributed by atoms with van der Waals surface area (Å²) in [6.45, 7) is 3.94. The quantitative estimate of drug-likeness (QED) is 0.503. The number of carbonyl (C=O) groups excluding carboxylic acids is 2. The Morgan fingerprint density at radius 3 is 2.32 bits per heavy atom. The molecular formula is C23H21NO4. The lowest BCUT2D eigenvalue weighted by atomic mass is 9.89. The average molecular weight is 375 g/mol. The van der Waals surface area contributed by atoms with E-state index in [1.165, 1.54) is 0 Å². The van der Waals surface area contributed by atoms with Gasteiger partial charge in [-0.25, -0.2) is 9.59 Å². The fourth-order valence-corrected chi connectivity index (χ4v) is 3.88. The molecule has 0 amide bonds. The molecule has 0 unspecified atom stereocenters. The SMILES string of the molecule is CCOC(=O)C1=C(C(=O)OCC)N(C)c2cc3ccccc3c3cccc1c23. The van der Waals surface area contributed by atoms with Gasteiger partial charge in [0, 0.05) is 18.0 Å². The van der Waals surface area contributed by atoms with Gasteiger partial charge < -0.3 is 14.4 Å². The van der Waals surface area contributed by atoms with Gasteiger partial charge in [0.1, 0.15) is 5.70 Å². The van der Waals surface area contributed by atoms with E-state index in [1.54, 1.807) is 25.8 Å². The molecule has 0 saturated heterocycles. The molecule has 0 saturated carbocycles. The lowest BCUT2D eigenvalue weighted by molar-refractivity contribution is -0.140. The van der Waals surface area contributed by atoms with E-state index in [2.05, 4.69) is 6.07 Å². The van der Waals surface area contributed by atoms with Crippen molar-refractivity contribution in [2.45, 2.75) is 13.8 Å². The molecule has 5 nitrogen and oxygen atoms in total. The fraction of sp³-hybridized carbons (Fsp3) is 0.217. The first kappa shape index (κ1) is 18.0. The molecule has 0 aromatic heterocycles. The summed E-state index contributed by atoms with van der Waals surface area (Å²) >= 11 is 0. The second-order valence-electron chi connectivity index (χ2n) is 6.57. The molecule has 1 aliphatic heterocycles. The van der Waals surface area contributed by atoms with E-state index in [-0.39, 0.29) is 24.5 Å². The van der Waals surface area contributed by atoms with Gasteiger partial charge in [-0.15, -0.1) is 0 Å². The molecule has 4 rings (SSSR count). The van der Waals surface area contributed by atoms with Crippen LogP contribution >= 0.6 is 0 Å². The lowest BCUT2D eigenvalue weighted by Gasteiger charge is -2.31. The van der Waals surface area contributed by atoms with Crippen molar-refractivity contribution in [1.82, 2.24) is 0 Å². The first-order chi connectivity index (χ1) is 13.6. The maximum atomic E-state index is 12.9. The number of hydrogen-bond donors (Lipinski definition) is 0. The summed E-state index contributed by atoms with van der Waals surface area (Å²) in [5.41, 5.74) is 2.00. The van der Waals surface area contributed by atoms with Crippen LogP contribution in [0.2, 0.25) is 0 Å². The molecule has 0 N–H and O–H groups in total. The van der Waals surface area contributed by atoms with E-state index in [0.29, 0.717) is 5.56 Å². The summed E-state index contributed by atoms with van der Waals surface area (Å²) in [5, 5.41) is 4.12. The number of fused-ring (bicyclic) bond motifs is 2. The summed E-state index contributed by atoms with van der Waals surface area (Å²) in [7, 11) is 1.78. The van der Waals surface area contributed by atoms with E-state index in [9.17, 15) is 9.59 Å². The van der Waals surface area contributed by atoms with E-state index in [0.717, 1.165) is 27.2 Å². The van der Waals surface area contributed by atoms with Crippen LogP contribution in [-0.2, 0) is 19.1 Å². The molecule has 0 atom stereocenters. The molecule has 1 heterocycles. The van der Waals surface area contributed by atoms with Crippen molar-refractivity contribution in [2.75, 3.05) is 25.2 Å². The molecule has 1 aliphatic rings. The third kappa shape index (κ3) is 2.62. The van der Waals surface area contributed by atoms with Crippen LogP contribution in [0.3, 0.4) is 0 Å². The van der Waals surface area contributed by atoms with Crippen molar-refractivity contribution in [3.05, 3.63) is 59.8 Å². The minimum Gasteiger partial charge on any atom is -0.462 e. The van der Waals surface area contributed by atoms with Crippen molar-refractivity contribution >= 4 is 44.7 Å². The molecule has 5 heteroatoms. The Labute approximate surface area is 163 Å². The Morgan fingerprint density at radius 1 is 0.893 bits per heavy atom. The molecule has 3 aromatic rings. The van der Waals surface area contributed by atoms with Crippen LogP contribution in [0.4, 0.5) is 5.69 Å². The summed E-state index contributed by atoms with van der Waals surface area (Å²) in [6, 6.07) is 15.9. The van der Waals surface area contributed by atoms with Gasteiger partial charge in [-0.2, -0.15) is 0 Å². The standard InChI is InChI=1S/C23H21NO4/c1-4-27-22(25)20-17-12-8-11-16-15-10-7-6-9-14(15)13-18(19(16)17)24(3)21(20)23(26)28-5-2/h6-13H,4-5H2,1-3H3. The molecule has 0 bridgehead atoms. The van der Waals surface area contributed by atoms with Gasteiger partial charge in [-0.3, -0.25) is 0 Å². The zero-order chi connectivity index (χ0) is 19.8. The third-order valence-electron chi connectivity index (χ3n) is 5.02. The van der Waals surface area contributed by atoms with Gasteiger partial charge in [-0.05, 0) is 36.1 Å². The summed E-state index contributed by atoms with van der Waals surface area (Å²) < 4.78 is 10.6. The molecule has 142 valence electrons. The van der Waals surface area contributed by atoms with Crippen LogP contribution in [0.15, 0.2) is 54.2 Å². The van der Waals surface area contributed by atoms with E-state index >= 15 is 0 Å². The van der Waals surface area contributed by atoms with Crippen molar-refractivity contribution in [1.29, 1.82) is 0 Å². The number of likely N-dealkylation sites (N-methyl/N-ethyl adjacent to an activating group) is 1. The Hall–Kier alpha value is -3.34. The number of rotatable bonds is 4. The monoisotopic (exact) mass is 375 g/mol. The highest BCUT2D eigenvalue weighted by atomic mass is 16.5. The topological polar surface area (TPSA) is 55.8 Å². The Kier molecular flexibility index (Phi) is 4.51. The fourth-order valence-electron chi connectivity index (χ4n) is 3.88. The smallest absolute Gasteiger partial charge is 0.355 e. The largest absolute Gasteiger partial charge is 0.462 e. The summed E-state index contributed by atoms with van der Waals surface area (Å²) in [4.78, 5) is 27.4. The van der Waals surface area contributed by atoms with Crippen LogP contribution in [0, 0.1) is 0 Å². The number of hydrogen-bond acceptors (Lipinski definition) is 5. The molecule has 28 heavy (non-hydrogen) atoms. The minimum absolute atomic E-state index is 0.204. The Morgan fingerprint density at radius 2 is 1.57 bits per heavy atom. The van der Waals surface area contributed by atoms with Crippen LogP contribution in [-0.4, -0.2) is 32.2 Å². The van der Waals surface area contributed by atoms with Crippen molar-refractivity contribution in [2.24, 2.45) is 0 Å². The highest BCUT2D eigenvalue weighted by Crippen LogP contribution is 2.44. The number of carbonyl (C=O) groups is 2. The number of ether oxygens (including phenoxy) is 2. The van der Waals surface area contributed by atoms with E-state index in [4.69, 9.17) is 9.47 Å². The maximum Gasteiger partial charge on any atom is 0.355 e. The van der Waals surface area contributed by atoms with Gasteiger partial charge in [0.15, 0.2) is 0 Å². The predicted octanol–water partition coefficient (Wildman–Crippen LogP) is 4.28. The summed E-state index contributed by atoms with van der Waals surface area (Å²) in [5.74, 6) is -1.06. The highest BCUT2D eigenvalue weighted by Gasteiger charge is 2.34. The van der Waals surface area contributed by atoms with E-state index in [1.807, 2.05) is 42.5 Å². The molecule has 3 aromatic carbocycles. The van der Waals surface area contributed by atoms with Crippen LogP contribution in [0.1, 0.15) is 19.4 Å². The van der Waals surface area contributed by atoms with Crippen molar-refractivity contribution < 1.29 is 19.1 Å². The number of anilines is 1. The highest BCUT2D eigenvalue weighted by molar-refractivity contribution is 6.31. The molecule has 0 fully saturated rings. The van der Waals surface area contributed by atoms with Gasteiger partial charge in [0.25, 0.3) is 0 Å². The zero-order valence-electron chi connectivity index (χ0n) is 16.1.